The first-order chi connectivity index (χ1) is 7.13. The second kappa shape index (κ2) is 5.88. The summed E-state index contributed by atoms with van der Waals surface area (Å²) in [6.07, 6.45) is 0.123. The van der Waals surface area contributed by atoms with Crippen LogP contribution in [0.1, 0.15) is 6.42 Å². The summed E-state index contributed by atoms with van der Waals surface area (Å²) < 4.78 is 5.05. The number of thioether (sulfide) groups is 1. The Kier molecular flexibility index (Phi) is 4.78. The monoisotopic (exact) mass is 246 g/mol. The molecule has 5 heteroatoms. The predicted molar refractivity (Wildman–Crippen MR) is 61.0 cm³/mol. The first kappa shape index (κ1) is 12.2. The molecule has 1 rings (SSSR count). The summed E-state index contributed by atoms with van der Waals surface area (Å²) in [5, 5.41) is 9.11. The Labute approximate surface area is 97.4 Å². The van der Waals surface area contributed by atoms with Crippen molar-refractivity contribution >= 4 is 29.3 Å². The molecule has 0 aliphatic rings. The van der Waals surface area contributed by atoms with Crippen molar-refractivity contribution in [2.24, 2.45) is 0 Å². The zero-order valence-electron chi connectivity index (χ0n) is 8.20. The molecule has 0 amide bonds. The van der Waals surface area contributed by atoms with Gasteiger partial charge in [-0.15, -0.1) is 11.8 Å². The molecule has 0 aliphatic heterocycles. The molecular formula is C10H11ClO3S. The Bertz CT molecular complexity index is 355. The van der Waals surface area contributed by atoms with Crippen LogP contribution in [0.4, 0.5) is 0 Å². The smallest absolute Gasteiger partial charge is 0.304 e. The number of rotatable bonds is 5. The minimum Gasteiger partial charge on any atom is -0.497 e. The fourth-order valence-corrected chi connectivity index (χ4v) is 2.15. The van der Waals surface area contributed by atoms with Crippen LogP contribution in [-0.4, -0.2) is 23.9 Å². The third-order valence-corrected chi connectivity index (χ3v) is 3.21. The standard InChI is InChI=1S/C10H11ClO3S/c1-14-7-2-3-8(11)9(6-7)15-5-4-10(12)13/h2-3,6H,4-5H2,1H3,(H,12,13). The SMILES string of the molecule is COc1ccc(Cl)c(SCCC(=O)O)c1. The van der Waals surface area contributed by atoms with Crippen molar-refractivity contribution in [3.8, 4) is 5.75 Å². The summed E-state index contributed by atoms with van der Waals surface area (Å²) in [5.41, 5.74) is 0. The molecule has 0 heterocycles. The van der Waals surface area contributed by atoms with E-state index in [1.165, 1.54) is 11.8 Å². The van der Waals surface area contributed by atoms with Gasteiger partial charge in [0.2, 0.25) is 0 Å². The number of carboxylic acids is 1. The molecule has 0 aliphatic carbocycles. The highest BCUT2D eigenvalue weighted by molar-refractivity contribution is 7.99. The summed E-state index contributed by atoms with van der Waals surface area (Å²) in [7, 11) is 1.58. The van der Waals surface area contributed by atoms with Gasteiger partial charge in [-0.2, -0.15) is 0 Å². The Morgan fingerprint density at radius 2 is 2.33 bits per heavy atom. The summed E-state index contributed by atoms with van der Waals surface area (Å²) >= 11 is 7.36. The van der Waals surface area contributed by atoms with Crippen molar-refractivity contribution in [2.45, 2.75) is 11.3 Å². The molecule has 1 aromatic rings. The van der Waals surface area contributed by atoms with Crippen LogP contribution < -0.4 is 4.74 Å². The maximum Gasteiger partial charge on any atom is 0.304 e. The molecule has 1 N–H and O–H groups in total. The van der Waals surface area contributed by atoms with Gasteiger partial charge in [0.1, 0.15) is 5.75 Å². The molecule has 1 aromatic carbocycles. The van der Waals surface area contributed by atoms with Crippen LogP contribution in [0.25, 0.3) is 0 Å². The first-order valence-electron chi connectivity index (χ1n) is 4.31. The van der Waals surface area contributed by atoms with Crippen LogP contribution in [0, 0.1) is 0 Å². The van der Waals surface area contributed by atoms with E-state index in [0.717, 1.165) is 10.6 Å². The fourth-order valence-electron chi connectivity index (χ4n) is 0.970. The largest absolute Gasteiger partial charge is 0.497 e. The fraction of sp³-hybridized carbons (Fsp3) is 0.300. The molecule has 3 nitrogen and oxygen atoms in total. The van der Waals surface area contributed by atoms with E-state index in [2.05, 4.69) is 0 Å². The Balaban J connectivity index is 2.62. The summed E-state index contributed by atoms with van der Waals surface area (Å²) in [6, 6.07) is 5.31. The minimum atomic E-state index is -0.804. The minimum absolute atomic E-state index is 0.123. The van der Waals surface area contributed by atoms with Gasteiger partial charge in [-0.1, -0.05) is 11.6 Å². The summed E-state index contributed by atoms with van der Waals surface area (Å²) in [5.74, 6) is 0.418. The van der Waals surface area contributed by atoms with E-state index >= 15 is 0 Å². The van der Waals surface area contributed by atoms with Gasteiger partial charge in [-0.05, 0) is 18.2 Å². The Morgan fingerprint density at radius 3 is 2.93 bits per heavy atom. The number of methoxy groups -OCH3 is 1. The van der Waals surface area contributed by atoms with Crippen LogP contribution >= 0.6 is 23.4 Å². The van der Waals surface area contributed by atoms with Gasteiger partial charge in [0.25, 0.3) is 0 Å². The van der Waals surface area contributed by atoms with Crippen molar-refractivity contribution in [1.29, 1.82) is 0 Å². The van der Waals surface area contributed by atoms with Crippen LogP contribution in [0.2, 0.25) is 5.02 Å². The normalized spacial score (nSPS) is 10.0. The first-order valence-corrected chi connectivity index (χ1v) is 5.68. The summed E-state index contributed by atoms with van der Waals surface area (Å²) in [4.78, 5) is 11.2. The van der Waals surface area contributed by atoms with Crippen LogP contribution in [-0.2, 0) is 4.79 Å². The van der Waals surface area contributed by atoms with Crippen molar-refractivity contribution < 1.29 is 14.6 Å². The molecule has 0 unspecified atom stereocenters. The van der Waals surface area contributed by atoms with E-state index in [1.807, 2.05) is 0 Å². The van der Waals surface area contributed by atoms with Crippen molar-refractivity contribution in [1.82, 2.24) is 0 Å². The molecule has 0 spiro atoms. The number of halogens is 1. The van der Waals surface area contributed by atoms with Gasteiger partial charge < -0.3 is 9.84 Å². The number of carboxylic acid groups (broad SMARTS) is 1. The van der Waals surface area contributed by atoms with Crippen molar-refractivity contribution in [2.75, 3.05) is 12.9 Å². The lowest BCUT2D eigenvalue weighted by atomic mass is 10.3. The van der Waals surface area contributed by atoms with Crippen LogP contribution in [0.3, 0.4) is 0 Å². The van der Waals surface area contributed by atoms with Gasteiger partial charge in [-0.25, -0.2) is 0 Å². The lowest BCUT2D eigenvalue weighted by Gasteiger charge is -2.05. The molecule has 0 bridgehead atoms. The molecule has 0 fully saturated rings. The maximum atomic E-state index is 10.3. The third kappa shape index (κ3) is 4.01. The molecule has 0 atom stereocenters. The van der Waals surface area contributed by atoms with E-state index in [4.69, 9.17) is 21.4 Å². The quantitative estimate of drug-likeness (QED) is 0.812. The number of benzene rings is 1. The van der Waals surface area contributed by atoms with E-state index in [1.54, 1.807) is 25.3 Å². The highest BCUT2D eigenvalue weighted by Crippen LogP contribution is 2.30. The van der Waals surface area contributed by atoms with E-state index < -0.39 is 5.97 Å². The van der Waals surface area contributed by atoms with E-state index in [9.17, 15) is 4.79 Å². The van der Waals surface area contributed by atoms with Gasteiger partial charge in [-0.3, -0.25) is 4.79 Å². The number of ether oxygens (including phenoxy) is 1. The van der Waals surface area contributed by atoms with Gasteiger partial charge in [0.05, 0.1) is 18.6 Å². The van der Waals surface area contributed by atoms with Crippen LogP contribution in [0.5, 0.6) is 5.75 Å². The average Bonchev–Trinajstić information content (AvgIpc) is 2.20. The molecule has 0 saturated heterocycles. The Morgan fingerprint density at radius 1 is 1.60 bits per heavy atom. The predicted octanol–water partition coefficient (Wildman–Crippen LogP) is 2.92. The number of carbonyl (C=O) groups is 1. The van der Waals surface area contributed by atoms with Crippen molar-refractivity contribution in [3.63, 3.8) is 0 Å². The average molecular weight is 247 g/mol. The molecule has 0 aromatic heterocycles. The Hall–Kier alpha value is -0.870. The molecule has 0 radical (unpaired) electrons. The number of hydrogen-bond acceptors (Lipinski definition) is 3. The third-order valence-electron chi connectivity index (χ3n) is 1.71. The van der Waals surface area contributed by atoms with E-state index in [-0.39, 0.29) is 6.42 Å². The van der Waals surface area contributed by atoms with Crippen LogP contribution in [0.15, 0.2) is 23.1 Å². The molecular weight excluding hydrogens is 236 g/mol. The van der Waals surface area contributed by atoms with Crippen molar-refractivity contribution in [3.05, 3.63) is 23.2 Å². The molecule has 82 valence electrons. The highest BCUT2D eigenvalue weighted by Gasteiger charge is 2.04. The van der Waals surface area contributed by atoms with Gasteiger partial charge in [0, 0.05) is 10.6 Å². The zero-order chi connectivity index (χ0) is 11.3. The maximum absolute atomic E-state index is 10.3. The van der Waals surface area contributed by atoms with E-state index in [0.29, 0.717) is 10.8 Å². The second-order valence-corrected chi connectivity index (χ2v) is 4.33. The zero-order valence-corrected chi connectivity index (χ0v) is 9.77. The summed E-state index contributed by atoms with van der Waals surface area (Å²) in [6.45, 7) is 0. The highest BCUT2D eigenvalue weighted by atomic mass is 35.5. The molecule has 0 saturated carbocycles. The lowest BCUT2D eigenvalue weighted by Crippen LogP contribution is -1.95. The number of aliphatic carboxylic acids is 1. The lowest BCUT2D eigenvalue weighted by molar-refractivity contribution is -0.136. The van der Waals surface area contributed by atoms with Gasteiger partial charge in [0.15, 0.2) is 0 Å². The van der Waals surface area contributed by atoms with Gasteiger partial charge >= 0.3 is 5.97 Å². The number of hydrogen-bond donors (Lipinski definition) is 1. The molecule has 15 heavy (non-hydrogen) atoms. The topological polar surface area (TPSA) is 46.5 Å². The second-order valence-electron chi connectivity index (χ2n) is 2.79.